The molecule has 3 N–H and O–H groups in total. The molecule has 0 saturated carbocycles. The van der Waals surface area contributed by atoms with Crippen molar-refractivity contribution in [2.24, 2.45) is 0 Å². The summed E-state index contributed by atoms with van der Waals surface area (Å²) in [6.45, 7) is 1.28. The summed E-state index contributed by atoms with van der Waals surface area (Å²) in [5, 5.41) is 0. The summed E-state index contributed by atoms with van der Waals surface area (Å²) < 4.78 is 0. The summed E-state index contributed by atoms with van der Waals surface area (Å²) in [5.41, 5.74) is 1.99. The minimum absolute atomic E-state index is 0.0815. The monoisotopic (exact) mass is 389 g/mol. The first-order valence-electron chi connectivity index (χ1n) is 9.59. The van der Waals surface area contributed by atoms with Gasteiger partial charge in [-0.05, 0) is 43.2 Å². The number of piperidine rings is 1. The number of benzene rings is 2. The first kappa shape index (κ1) is 17.4. The third-order valence-corrected chi connectivity index (χ3v) is 5.55. The summed E-state index contributed by atoms with van der Waals surface area (Å²) in [6.07, 6.45) is 1.67. The molecule has 2 aromatic heterocycles. The fourth-order valence-electron chi connectivity index (χ4n) is 3.95. The lowest BCUT2D eigenvalue weighted by atomic mass is 9.95. The van der Waals surface area contributed by atoms with Crippen LogP contribution in [-0.4, -0.2) is 43.8 Å². The summed E-state index contributed by atoms with van der Waals surface area (Å²) in [6, 6.07) is 12.9. The van der Waals surface area contributed by atoms with Gasteiger partial charge in [0.25, 0.3) is 5.91 Å². The van der Waals surface area contributed by atoms with Crippen LogP contribution in [0.5, 0.6) is 0 Å². The summed E-state index contributed by atoms with van der Waals surface area (Å²) in [4.78, 5) is 50.8. The number of amides is 1. The van der Waals surface area contributed by atoms with Crippen LogP contribution in [0.2, 0.25) is 0 Å². The van der Waals surface area contributed by atoms with Gasteiger partial charge in [0.05, 0.1) is 22.1 Å². The summed E-state index contributed by atoms with van der Waals surface area (Å²) in [7, 11) is 0. The van der Waals surface area contributed by atoms with Gasteiger partial charge in [0.2, 0.25) is 0 Å². The minimum atomic E-state index is -0.728. The second-order valence-electron chi connectivity index (χ2n) is 7.37. The predicted molar refractivity (Wildman–Crippen MR) is 109 cm³/mol. The molecule has 1 fully saturated rings. The van der Waals surface area contributed by atoms with Crippen LogP contribution in [0.4, 0.5) is 0 Å². The van der Waals surface area contributed by atoms with Crippen LogP contribution >= 0.6 is 0 Å². The molecule has 29 heavy (non-hydrogen) atoms. The van der Waals surface area contributed by atoms with E-state index in [1.165, 1.54) is 0 Å². The number of fused-ring (bicyclic) bond motifs is 2. The predicted octanol–water partition coefficient (Wildman–Crippen LogP) is 2.11. The number of aromatic nitrogens is 4. The van der Waals surface area contributed by atoms with Crippen LogP contribution in [-0.2, 0) is 0 Å². The molecule has 0 atom stereocenters. The molecule has 5 rings (SSSR count). The number of carbonyl (C=O) groups is 1. The molecule has 0 bridgehead atoms. The van der Waals surface area contributed by atoms with E-state index in [1.54, 1.807) is 18.2 Å². The molecule has 8 heteroatoms. The van der Waals surface area contributed by atoms with E-state index in [2.05, 4.69) is 15.0 Å². The zero-order valence-corrected chi connectivity index (χ0v) is 15.6. The second kappa shape index (κ2) is 6.73. The van der Waals surface area contributed by atoms with Gasteiger partial charge >= 0.3 is 11.1 Å². The molecule has 0 spiro atoms. The Morgan fingerprint density at radius 1 is 0.897 bits per heavy atom. The highest BCUT2D eigenvalue weighted by Crippen LogP contribution is 2.28. The van der Waals surface area contributed by atoms with Crippen molar-refractivity contribution in [2.75, 3.05) is 13.1 Å². The molecule has 3 heterocycles. The quantitative estimate of drug-likeness (QED) is 0.456. The molecule has 1 amide bonds. The van der Waals surface area contributed by atoms with Gasteiger partial charge in [-0.15, -0.1) is 0 Å². The molecule has 1 saturated heterocycles. The number of nitrogens with one attached hydrogen (secondary N) is 3. The number of carbonyl (C=O) groups excluding carboxylic acids is 1. The van der Waals surface area contributed by atoms with E-state index in [-0.39, 0.29) is 5.91 Å². The van der Waals surface area contributed by atoms with Gasteiger partial charge in [-0.25, -0.2) is 4.98 Å². The average Bonchev–Trinajstić information content (AvgIpc) is 3.18. The maximum atomic E-state index is 12.9. The van der Waals surface area contributed by atoms with Gasteiger partial charge in [-0.3, -0.25) is 14.4 Å². The minimum Gasteiger partial charge on any atom is -0.342 e. The van der Waals surface area contributed by atoms with Crippen LogP contribution in [0.1, 0.15) is 34.9 Å². The van der Waals surface area contributed by atoms with Crippen molar-refractivity contribution in [3.8, 4) is 0 Å². The maximum absolute atomic E-state index is 12.9. The lowest BCUT2D eigenvalue weighted by molar-refractivity contribution is 0.0711. The molecule has 4 aromatic rings. The first-order chi connectivity index (χ1) is 14.1. The Bertz CT molecular complexity index is 1310. The van der Waals surface area contributed by atoms with Crippen LogP contribution < -0.4 is 11.1 Å². The highest BCUT2D eigenvalue weighted by Gasteiger charge is 2.26. The fourth-order valence-corrected chi connectivity index (χ4v) is 3.95. The Kier molecular flexibility index (Phi) is 4.04. The number of hydrogen-bond donors (Lipinski definition) is 3. The zero-order valence-electron chi connectivity index (χ0n) is 15.6. The third-order valence-electron chi connectivity index (χ3n) is 5.55. The normalized spacial score (nSPS) is 15.2. The molecule has 146 valence electrons. The fraction of sp³-hybridized carbons (Fsp3) is 0.238. The number of likely N-dealkylation sites (tertiary alicyclic amines) is 1. The second-order valence-corrected chi connectivity index (χ2v) is 7.37. The van der Waals surface area contributed by atoms with Crippen molar-refractivity contribution >= 4 is 28.0 Å². The standard InChI is InChI=1S/C21H19N5O3/c27-19-20(28)25-17-11-13(5-6-16(17)24-19)21(29)26-9-7-12(8-10-26)18-22-14-3-1-2-4-15(14)23-18/h1-6,11-12H,7-10H2,(H,22,23)(H,24,27)(H,25,28). The number of imidazole rings is 1. The van der Waals surface area contributed by atoms with Gasteiger partial charge in [0.15, 0.2) is 0 Å². The van der Waals surface area contributed by atoms with Crippen LogP contribution in [0.3, 0.4) is 0 Å². The van der Waals surface area contributed by atoms with Crippen LogP contribution in [0.15, 0.2) is 52.1 Å². The van der Waals surface area contributed by atoms with Crippen molar-refractivity contribution < 1.29 is 4.79 Å². The first-order valence-corrected chi connectivity index (χ1v) is 9.59. The van der Waals surface area contributed by atoms with Crippen molar-refractivity contribution in [3.63, 3.8) is 0 Å². The molecular weight excluding hydrogens is 370 g/mol. The Labute approximate surface area is 164 Å². The van der Waals surface area contributed by atoms with Gasteiger partial charge < -0.3 is 19.9 Å². The maximum Gasteiger partial charge on any atom is 0.314 e. The number of nitrogens with zero attached hydrogens (tertiary/aromatic N) is 2. The van der Waals surface area contributed by atoms with E-state index in [0.29, 0.717) is 35.6 Å². The van der Waals surface area contributed by atoms with E-state index in [0.717, 1.165) is 29.7 Å². The van der Waals surface area contributed by atoms with E-state index >= 15 is 0 Å². The van der Waals surface area contributed by atoms with E-state index in [1.807, 2.05) is 29.2 Å². The van der Waals surface area contributed by atoms with E-state index in [9.17, 15) is 14.4 Å². The summed E-state index contributed by atoms with van der Waals surface area (Å²) >= 11 is 0. The molecule has 0 unspecified atom stereocenters. The molecule has 2 aromatic carbocycles. The van der Waals surface area contributed by atoms with Crippen LogP contribution in [0.25, 0.3) is 22.1 Å². The molecule has 8 nitrogen and oxygen atoms in total. The van der Waals surface area contributed by atoms with Crippen molar-refractivity contribution in [1.29, 1.82) is 0 Å². The highest BCUT2D eigenvalue weighted by molar-refractivity contribution is 5.97. The van der Waals surface area contributed by atoms with Gasteiger partial charge in [-0.1, -0.05) is 12.1 Å². The van der Waals surface area contributed by atoms with Gasteiger partial charge in [-0.2, -0.15) is 0 Å². The number of rotatable bonds is 2. The number of H-pyrrole nitrogens is 3. The molecular formula is C21H19N5O3. The molecule has 0 radical (unpaired) electrons. The topological polar surface area (TPSA) is 115 Å². The summed E-state index contributed by atoms with van der Waals surface area (Å²) in [5.74, 6) is 1.19. The van der Waals surface area contributed by atoms with Gasteiger partial charge in [0.1, 0.15) is 5.82 Å². The molecule has 0 aliphatic carbocycles. The van der Waals surface area contributed by atoms with Crippen molar-refractivity contribution in [3.05, 3.63) is 74.6 Å². The van der Waals surface area contributed by atoms with Crippen molar-refractivity contribution in [1.82, 2.24) is 24.8 Å². The van der Waals surface area contributed by atoms with Crippen LogP contribution in [0, 0.1) is 0 Å². The van der Waals surface area contributed by atoms with E-state index < -0.39 is 11.1 Å². The highest BCUT2D eigenvalue weighted by atomic mass is 16.2. The molecule has 1 aliphatic heterocycles. The third kappa shape index (κ3) is 3.12. The number of hydrogen-bond acceptors (Lipinski definition) is 4. The van der Waals surface area contributed by atoms with Gasteiger partial charge in [0, 0.05) is 24.6 Å². The smallest absolute Gasteiger partial charge is 0.314 e. The van der Waals surface area contributed by atoms with Crippen molar-refractivity contribution in [2.45, 2.75) is 18.8 Å². The number of aromatic amines is 3. The largest absolute Gasteiger partial charge is 0.342 e. The Morgan fingerprint density at radius 2 is 1.62 bits per heavy atom. The Balaban J connectivity index is 1.33. The average molecular weight is 389 g/mol. The number of para-hydroxylation sites is 2. The SMILES string of the molecule is O=C(c1ccc2[nH]c(=O)c(=O)[nH]c2c1)N1CCC(c2nc3ccccc3[nH]2)CC1. The zero-order chi connectivity index (χ0) is 20.0. The van der Waals surface area contributed by atoms with E-state index in [4.69, 9.17) is 4.98 Å². The lowest BCUT2D eigenvalue weighted by Crippen LogP contribution is -2.38. The Hall–Kier alpha value is -3.68. The molecule has 1 aliphatic rings. The Morgan fingerprint density at radius 3 is 2.38 bits per heavy atom. The lowest BCUT2D eigenvalue weighted by Gasteiger charge is -2.31.